The molecule has 2 aliphatic rings. The van der Waals surface area contributed by atoms with Gasteiger partial charge in [0.05, 0.1) is 24.4 Å². The van der Waals surface area contributed by atoms with Crippen molar-refractivity contribution in [3.63, 3.8) is 0 Å². The number of benzene rings is 2. The summed E-state index contributed by atoms with van der Waals surface area (Å²) in [7, 11) is 1.39. The van der Waals surface area contributed by atoms with Crippen molar-refractivity contribution in [2.24, 2.45) is 5.92 Å². The molecule has 1 aliphatic carbocycles. The van der Waals surface area contributed by atoms with E-state index in [0.717, 1.165) is 23.2 Å². The van der Waals surface area contributed by atoms with E-state index in [4.69, 9.17) is 4.74 Å². The Hall–Kier alpha value is -2.62. The standard InChI is InChI=1S/C20H18FNO2/c1-24-20(23)17-7-3-6-16-14-4-2-5-15(14)18(22-19(16)17)12-8-10-13(21)11-9-12/h2-4,6-11,14-15,18,22H,5H2,1H3. The zero-order valence-electron chi connectivity index (χ0n) is 13.3. The molecule has 0 aromatic heterocycles. The Morgan fingerprint density at radius 3 is 2.75 bits per heavy atom. The molecule has 24 heavy (non-hydrogen) atoms. The summed E-state index contributed by atoms with van der Waals surface area (Å²) in [4.78, 5) is 12.1. The topological polar surface area (TPSA) is 38.3 Å². The van der Waals surface area contributed by atoms with E-state index in [1.165, 1.54) is 19.2 Å². The molecule has 0 saturated heterocycles. The molecule has 3 atom stereocenters. The van der Waals surface area contributed by atoms with Gasteiger partial charge in [0, 0.05) is 5.92 Å². The normalized spacial score (nSPS) is 24.0. The maximum Gasteiger partial charge on any atom is 0.339 e. The van der Waals surface area contributed by atoms with Crippen LogP contribution in [0.4, 0.5) is 10.1 Å². The SMILES string of the molecule is COC(=O)c1cccc2c1NC(c1ccc(F)cc1)C1CC=CC21. The minimum Gasteiger partial charge on any atom is -0.465 e. The number of esters is 1. The third-order valence-corrected chi connectivity index (χ3v) is 5.03. The first-order valence-corrected chi connectivity index (χ1v) is 8.09. The fourth-order valence-corrected chi connectivity index (χ4v) is 3.90. The van der Waals surface area contributed by atoms with Crippen LogP contribution in [0.3, 0.4) is 0 Å². The fourth-order valence-electron chi connectivity index (χ4n) is 3.90. The van der Waals surface area contributed by atoms with Crippen LogP contribution in [0.1, 0.15) is 39.9 Å². The highest BCUT2D eigenvalue weighted by atomic mass is 19.1. The third-order valence-electron chi connectivity index (χ3n) is 5.03. The van der Waals surface area contributed by atoms with Crippen LogP contribution in [-0.2, 0) is 4.74 Å². The Balaban J connectivity index is 1.82. The summed E-state index contributed by atoms with van der Waals surface area (Å²) in [5, 5.41) is 3.52. The van der Waals surface area contributed by atoms with Gasteiger partial charge in [-0.05, 0) is 41.7 Å². The van der Waals surface area contributed by atoms with Gasteiger partial charge in [-0.1, -0.05) is 36.4 Å². The van der Waals surface area contributed by atoms with E-state index < -0.39 is 0 Å². The number of para-hydroxylation sites is 1. The van der Waals surface area contributed by atoms with Gasteiger partial charge >= 0.3 is 5.97 Å². The van der Waals surface area contributed by atoms with Crippen molar-refractivity contribution in [1.29, 1.82) is 0 Å². The molecule has 1 N–H and O–H groups in total. The Bertz CT molecular complexity index is 813. The van der Waals surface area contributed by atoms with E-state index in [0.29, 0.717) is 11.5 Å². The number of nitrogens with one attached hydrogen (secondary N) is 1. The van der Waals surface area contributed by atoms with Crippen LogP contribution in [0, 0.1) is 11.7 Å². The number of hydrogen-bond acceptors (Lipinski definition) is 3. The summed E-state index contributed by atoms with van der Waals surface area (Å²) in [5.74, 6) is 0.0145. The molecule has 2 aromatic rings. The number of rotatable bonds is 2. The molecular formula is C20H18FNO2. The number of anilines is 1. The Morgan fingerprint density at radius 2 is 2.00 bits per heavy atom. The first-order valence-electron chi connectivity index (χ1n) is 8.09. The van der Waals surface area contributed by atoms with Crippen LogP contribution in [0.15, 0.2) is 54.6 Å². The zero-order chi connectivity index (χ0) is 16.7. The Morgan fingerprint density at radius 1 is 1.21 bits per heavy atom. The predicted octanol–water partition coefficient (Wildman–Crippen LogP) is 4.44. The van der Waals surface area contributed by atoms with Gasteiger partial charge in [0.2, 0.25) is 0 Å². The van der Waals surface area contributed by atoms with Crippen molar-refractivity contribution in [2.75, 3.05) is 12.4 Å². The van der Waals surface area contributed by atoms with E-state index in [1.54, 1.807) is 6.07 Å². The molecule has 3 unspecified atom stereocenters. The lowest BCUT2D eigenvalue weighted by atomic mass is 9.76. The quantitative estimate of drug-likeness (QED) is 0.656. The first kappa shape index (κ1) is 14.9. The molecule has 1 heterocycles. The van der Waals surface area contributed by atoms with Gasteiger partial charge < -0.3 is 10.1 Å². The van der Waals surface area contributed by atoms with Crippen molar-refractivity contribution in [3.8, 4) is 0 Å². The Kier molecular flexibility index (Phi) is 3.60. The van der Waals surface area contributed by atoms with Crippen molar-refractivity contribution in [2.45, 2.75) is 18.4 Å². The van der Waals surface area contributed by atoms with Crippen LogP contribution in [0.25, 0.3) is 0 Å². The summed E-state index contributed by atoms with van der Waals surface area (Å²) in [6.45, 7) is 0. The van der Waals surface area contributed by atoms with Gasteiger partial charge in [0.25, 0.3) is 0 Å². The van der Waals surface area contributed by atoms with Gasteiger partial charge in [-0.25, -0.2) is 9.18 Å². The Labute approximate surface area is 140 Å². The number of carbonyl (C=O) groups excluding carboxylic acids is 1. The van der Waals surface area contributed by atoms with Crippen LogP contribution in [0.2, 0.25) is 0 Å². The lowest BCUT2D eigenvalue weighted by Gasteiger charge is -2.38. The van der Waals surface area contributed by atoms with Crippen molar-refractivity contribution in [1.82, 2.24) is 0 Å². The molecule has 0 spiro atoms. The second kappa shape index (κ2) is 5.78. The summed E-state index contributed by atoms with van der Waals surface area (Å²) >= 11 is 0. The first-order chi connectivity index (χ1) is 11.7. The maximum atomic E-state index is 13.3. The van der Waals surface area contributed by atoms with E-state index in [1.807, 2.05) is 18.2 Å². The second-order valence-corrected chi connectivity index (χ2v) is 6.29. The van der Waals surface area contributed by atoms with Gasteiger partial charge in [0.15, 0.2) is 0 Å². The molecule has 0 amide bonds. The molecule has 0 radical (unpaired) electrons. The van der Waals surface area contributed by atoms with Crippen molar-refractivity contribution in [3.05, 3.63) is 77.1 Å². The highest BCUT2D eigenvalue weighted by Crippen LogP contribution is 2.50. The zero-order valence-corrected chi connectivity index (χ0v) is 13.3. The molecule has 4 rings (SSSR count). The van der Waals surface area contributed by atoms with E-state index in [-0.39, 0.29) is 23.7 Å². The summed E-state index contributed by atoms with van der Waals surface area (Å²) in [5.41, 5.74) is 3.52. The van der Waals surface area contributed by atoms with E-state index in [9.17, 15) is 9.18 Å². The summed E-state index contributed by atoms with van der Waals surface area (Å²) in [6, 6.07) is 12.4. The molecule has 0 fully saturated rings. The largest absolute Gasteiger partial charge is 0.465 e. The molecule has 2 aromatic carbocycles. The molecule has 3 nitrogen and oxygen atoms in total. The number of ether oxygens (including phenoxy) is 1. The average Bonchev–Trinajstić information content (AvgIpc) is 3.10. The minimum absolute atomic E-state index is 0.0314. The highest BCUT2D eigenvalue weighted by molar-refractivity contribution is 5.97. The summed E-state index contributed by atoms with van der Waals surface area (Å²) in [6.07, 6.45) is 5.36. The highest BCUT2D eigenvalue weighted by Gasteiger charge is 2.39. The van der Waals surface area contributed by atoms with Gasteiger partial charge in [-0.2, -0.15) is 0 Å². The molecule has 4 heteroatoms. The number of methoxy groups -OCH3 is 1. The van der Waals surface area contributed by atoms with E-state index >= 15 is 0 Å². The predicted molar refractivity (Wildman–Crippen MR) is 90.5 cm³/mol. The number of allylic oxidation sites excluding steroid dienone is 2. The maximum absolute atomic E-state index is 13.3. The molecular weight excluding hydrogens is 305 g/mol. The van der Waals surface area contributed by atoms with Gasteiger partial charge in [0.1, 0.15) is 5.82 Å². The third kappa shape index (κ3) is 2.30. The number of halogens is 1. The van der Waals surface area contributed by atoms with E-state index in [2.05, 4.69) is 23.5 Å². The molecule has 0 bridgehead atoms. The van der Waals surface area contributed by atoms with Crippen LogP contribution < -0.4 is 5.32 Å². The van der Waals surface area contributed by atoms with Crippen LogP contribution in [0.5, 0.6) is 0 Å². The molecule has 122 valence electrons. The van der Waals surface area contributed by atoms with Crippen molar-refractivity contribution < 1.29 is 13.9 Å². The van der Waals surface area contributed by atoms with Crippen LogP contribution >= 0.6 is 0 Å². The van der Waals surface area contributed by atoms with Crippen LogP contribution in [-0.4, -0.2) is 13.1 Å². The number of carbonyl (C=O) groups is 1. The molecule has 0 saturated carbocycles. The lowest BCUT2D eigenvalue weighted by Crippen LogP contribution is -2.30. The lowest BCUT2D eigenvalue weighted by molar-refractivity contribution is 0.0601. The number of fused-ring (bicyclic) bond motifs is 3. The average molecular weight is 323 g/mol. The molecule has 1 aliphatic heterocycles. The van der Waals surface area contributed by atoms with Gasteiger partial charge in [-0.15, -0.1) is 0 Å². The van der Waals surface area contributed by atoms with Gasteiger partial charge in [-0.3, -0.25) is 0 Å². The summed E-state index contributed by atoms with van der Waals surface area (Å²) < 4.78 is 18.2. The second-order valence-electron chi connectivity index (χ2n) is 6.29. The smallest absolute Gasteiger partial charge is 0.339 e. The number of hydrogen-bond donors (Lipinski definition) is 1. The van der Waals surface area contributed by atoms with Crippen molar-refractivity contribution >= 4 is 11.7 Å². The minimum atomic E-state index is -0.349. The monoisotopic (exact) mass is 323 g/mol. The fraction of sp³-hybridized carbons (Fsp3) is 0.250.